The third-order valence-corrected chi connectivity index (χ3v) is 4.28. The number of benzene rings is 1. The summed E-state index contributed by atoms with van der Waals surface area (Å²) >= 11 is 0. The molecule has 0 amide bonds. The summed E-state index contributed by atoms with van der Waals surface area (Å²) in [6, 6.07) is 9.64. The van der Waals surface area contributed by atoms with Crippen LogP contribution in [-0.4, -0.2) is 29.9 Å². The van der Waals surface area contributed by atoms with Crippen LogP contribution < -0.4 is 4.72 Å². The number of nitrogens with one attached hydrogen (secondary N) is 1. The second-order valence-corrected chi connectivity index (χ2v) is 5.72. The quantitative estimate of drug-likeness (QED) is 0.832. The van der Waals surface area contributed by atoms with Gasteiger partial charge in [0, 0.05) is 7.05 Å². The molecular weight excluding hydrogens is 266 g/mol. The van der Waals surface area contributed by atoms with Gasteiger partial charge in [-0.3, -0.25) is 4.68 Å². The lowest BCUT2D eigenvalue weighted by atomic mass is 10.1. The molecule has 19 heavy (non-hydrogen) atoms. The molecule has 0 aliphatic carbocycles. The van der Waals surface area contributed by atoms with E-state index in [1.165, 1.54) is 16.9 Å². The fourth-order valence-corrected chi connectivity index (χ4v) is 3.11. The summed E-state index contributed by atoms with van der Waals surface area (Å²) in [4.78, 5) is 0. The van der Waals surface area contributed by atoms with Gasteiger partial charge in [-0.2, -0.15) is 9.82 Å². The van der Waals surface area contributed by atoms with Gasteiger partial charge in [0.15, 0.2) is 5.03 Å². The minimum Gasteiger partial charge on any atom is -0.394 e. The molecule has 0 spiro atoms. The summed E-state index contributed by atoms with van der Waals surface area (Å²) in [7, 11) is -2.17. The van der Waals surface area contributed by atoms with Gasteiger partial charge >= 0.3 is 0 Å². The zero-order chi connectivity index (χ0) is 13.9. The van der Waals surface area contributed by atoms with E-state index >= 15 is 0 Å². The molecule has 1 aromatic carbocycles. The van der Waals surface area contributed by atoms with Crippen molar-refractivity contribution in [3.8, 4) is 0 Å². The number of aromatic nitrogens is 2. The molecule has 0 saturated heterocycles. The Morgan fingerprint density at radius 1 is 1.32 bits per heavy atom. The molecule has 0 bridgehead atoms. The van der Waals surface area contributed by atoms with Crippen LogP contribution in [0.3, 0.4) is 0 Å². The van der Waals surface area contributed by atoms with Crippen LogP contribution in [0.25, 0.3) is 0 Å². The normalized spacial score (nSPS) is 13.4. The summed E-state index contributed by atoms with van der Waals surface area (Å²) in [6.07, 6.45) is 1.41. The van der Waals surface area contributed by atoms with E-state index in [0.717, 1.165) is 0 Å². The van der Waals surface area contributed by atoms with Crippen molar-refractivity contribution in [3.63, 3.8) is 0 Å². The minimum atomic E-state index is -3.72. The van der Waals surface area contributed by atoms with Crippen molar-refractivity contribution in [2.75, 3.05) is 6.61 Å². The summed E-state index contributed by atoms with van der Waals surface area (Å²) in [5.74, 6) is 0. The Morgan fingerprint density at radius 2 is 2.00 bits per heavy atom. The Kier molecular flexibility index (Phi) is 3.98. The molecule has 2 aromatic rings. The maximum Gasteiger partial charge on any atom is 0.258 e. The van der Waals surface area contributed by atoms with Gasteiger partial charge in [0.1, 0.15) is 0 Å². The van der Waals surface area contributed by atoms with Crippen LogP contribution in [0.2, 0.25) is 0 Å². The van der Waals surface area contributed by atoms with Gasteiger partial charge in [-0.25, -0.2) is 8.42 Å². The smallest absolute Gasteiger partial charge is 0.258 e. The van der Waals surface area contributed by atoms with E-state index in [4.69, 9.17) is 0 Å². The lowest BCUT2D eigenvalue weighted by Gasteiger charge is -2.16. The molecule has 7 heteroatoms. The van der Waals surface area contributed by atoms with Gasteiger partial charge in [-0.1, -0.05) is 30.3 Å². The SMILES string of the molecule is Cn1nccc1S(=O)(=O)NC(CO)c1ccccc1. The molecule has 1 heterocycles. The Balaban J connectivity index is 2.27. The number of hydrogen-bond donors (Lipinski definition) is 2. The fourth-order valence-electron chi connectivity index (χ4n) is 1.77. The molecule has 2 rings (SSSR count). The van der Waals surface area contributed by atoms with Gasteiger partial charge in [-0.05, 0) is 11.6 Å². The summed E-state index contributed by atoms with van der Waals surface area (Å²) in [5.41, 5.74) is 0.704. The third-order valence-electron chi connectivity index (χ3n) is 2.73. The average Bonchev–Trinajstić information content (AvgIpc) is 2.84. The average molecular weight is 281 g/mol. The molecular formula is C12H15N3O3S. The van der Waals surface area contributed by atoms with Crippen molar-refractivity contribution in [2.24, 2.45) is 7.05 Å². The molecule has 1 atom stereocenters. The van der Waals surface area contributed by atoms with E-state index in [-0.39, 0.29) is 11.6 Å². The number of sulfonamides is 1. The molecule has 2 N–H and O–H groups in total. The monoisotopic (exact) mass is 281 g/mol. The maximum absolute atomic E-state index is 12.2. The van der Waals surface area contributed by atoms with Gasteiger partial charge < -0.3 is 5.11 Å². The highest BCUT2D eigenvalue weighted by Gasteiger charge is 2.23. The number of aliphatic hydroxyl groups is 1. The first-order valence-electron chi connectivity index (χ1n) is 5.71. The molecule has 1 unspecified atom stereocenters. The van der Waals surface area contributed by atoms with Crippen molar-refractivity contribution < 1.29 is 13.5 Å². The van der Waals surface area contributed by atoms with E-state index in [1.54, 1.807) is 31.3 Å². The van der Waals surface area contributed by atoms with Crippen molar-refractivity contribution in [2.45, 2.75) is 11.1 Å². The molecule has 0 aliphatic rings. The van der Waals surface area contributed by atoms with Crippen molar-refractivity contribution in [1.29, 1.82) is 0 Å². The van der Waals surface area contributed by atoms with Crippen LogP contribution in [0, 0.1) is 0 Å². The standard InChI is InChI=1S/C12H15N3O3S/c1-15-12(7-8-13-15)19(17,18)14-11(9-16)10-5-3-2-4-6-10/h2-8,11,14,16H,9H2,1H3. The molecule has 0 aliphatic heterocycles. The Hall–Kier alpha value is -1.70. The lowest BCUT2D eigenvalue weighted by Crippen LogP contribution is -2.32. The Bertz CT molecular complexity index is 637. The van der Waals surface area contributed by atoms with Crippen LogP contribution in [0.4, 0.5) is 0 Å². The van der Waals surface area contributed by atoms with Crippen LogP contribution >= 0.6 is 0 Å². The van der Waals surface area contributed by atoms with Crippen molar-refractivity contribution in [1.82, 2.24) is 14.5 Å². The molecule has 0 radical (unpaired) electrons. The van der Waals surface area contributed by atoms with Crippen LogP contribution in [0.15, 0.2) is 47.6 Å². The molecule has 6 nitrogen and oxygen atoms in total. The predicted molar refractivity (Wildman–Crippen MR) is 69.8 cm³/mol. The number of hydrogen-bond acceptors (Lipinski definition) is 4. The Labute approximate surface area is 111 Å². The number of rotatable bonds is 5. The van der Waals surface area contributed by atoms with Crippen molar-refractivity contribution in [3.05, 3.63) is 48.2 Å². The zero-order valence-electron chi connectivity index (χ0n) is 10.4. The van der Waals surface area contributed by atoms with Gasteiger partial charge in [0.2, 0.25) is 0 Å². The second kappa shape index (κ2) is 5.52. The highest BCUT2D eigenvalue weighted by Crippen LogP contribution is 2.16. The van der Waals surface area contributed by atoms with E-state index in [0.29, 0.717) is 5.56 Å². The second-order valence-electron chi connectivity index (χ2n) is 4.06. The number of nitrogens with zero attached hydrogens (tertiary/aromatic N) is 2. The largest absolute Gasteiger partial charge is 0.394 e. The van der Waals surface area contributed by atoms with E-state index in [9.17, 15) is 13.5 Å². The predicted octanol–water partition coefficient (Wildman–Crippen LogP) is 0.432. The number of aryl methyl sites for hydroxylation is 1. The van der Waals surface area contributed by atoms with E-state index in [1.807, 2.05) is 6.07 Å². The molecule has 1 aromatic heterocycles. The van der Waals surface area contributed by atoms with Crippen molar-refractivity contribution >= 4 is 10.0 Å². The summed E-state index contributed by atoms with van der Waals surface area (Å²) in [5, 5.41) is 13.2. The fraction of sp³-hybridized carbons (Fsp3) is 0.250. The first kappa shape index (κ1) is 13.7. The van der Waals surface area contributed by atoms with E-state index in [2.05, 4.69) is 9.82 Å². The van der Waals surface area contributed by atoms with E-state index < -0.39 is 16.1 Å². The first-order valence-corrected chi connectivity index (χ1v) is 7.19. The minimum absolute atomic E-state index is 0.0573. The molecule has 102 valence electrons. The number of aliphatic hydroxyl groups excluding tert-OH is 1. The van der Waals surface area contributed by atoms with Gasteiger partial charge in [-0.15, -0.1) is 0 Å². The molecule has 0 saturated carbocycles. The molecule has 0 fully saturated rings. The first-order chi connectivity index (χ1) is 9.04. The maximum atomic E-state index is 12.2. The highest BCUT2D eigenvalue weighted by atomic mass is 32.2. The third kappa shape index (κ3) is 3.01. The lowest BCUT2D eigenvalue weighted by molar-refractivity contribution is 0.258. The summed E-state index contributed by atoms with van der Waals surface area (Å²) < 4.78 is 28.1. The highest BCUT2D eigenvalue weighted by molar-refractivity contribution is 7.89. The zero-order valence-corrected chi connectivity index (χ0v) is 11.2. The topological polar surface area (TPSA) is 84.2 Å². The summed E-state index contributed by atoms with van der Waals surface area (Å²) in [6.45, 7) is -0.318. The Morgan fingerprint density at radius 3 is 2.53 bits per heavy atom. The van der Waals surface area contributed by atoms with Crippen LogP contribution in [0.1, 0.15) is 11.6 Å². The van der Waals surface area contributed by atoms with Crippen LogP contribution in [-0.2, 0) is 17.1 Å². The van der Waals surface area contributed by atoms with Crippen LogP contribution in [0.5, 0.6) is 0 Å². The van der Waals surface area contributed by atoms with Gasteiger partial charge in [0.05, 0.1) is 18.8 Å². The van der Waals surface area contributed by atoms with Gasteiger partial charge in [0.25, 0.3) is 10.0 Å².